The fraction of sp³-hybridized carbons (Fsp3) is 0.657. The number of ether oxygens (including phenoxy) is 7. The summed E-state index contributed by atoms with van der Waals surface area (Å²) < 4.78 is 41.8. The Labute approximate surface area is 248 Å². The topological polar surface area (TPSA) is 74.5 Å². The molecule has 224 valence electrons. The van der Waals surface area contributed by atoms with Crippen LogP contribution in [0.3, 0.4) is 0 Å². The molecule has 2 aromatic rings. The van der Waals surface area contributed by atoms with Crippen molar-refractivity contribution >= 4 is 0 Å². The van der Waals surface area contributed by atoms with E-state index < -0.39 is 0 Å². The van der Waals surface area contributed by atoms with E-state index in [2.05, 4.69) is 36.4 Å². The third-order valence-electron chi connectivity index (χ3n) is 10.8. The summed E-state index contributed by atoms with van der Waals surface area (Å²) in [6, 6.07) is 13.3. The van der Waals surface area contributed by atoms with E-state index in [0.29, 0.717) is 31.7 Å². The van der Waals surface area contributed by atoms with Gasteiger partial charge in [-0.25, -0.2) is 0 Å². The van der Waals surface area contributed by atoms with E-state index in [9.17, 15) is 0 Å². The number of epoxide rings is 3. The second-order valence-electron chi connectivity index (χ2n) is 14.4. The molecule has 0 N–H and O–H groups in total. The lowest BCUT2D eigenvalue weighted by atomic mass is 9.41. The van der Waals surface area contributed by atoms with Gasteiger partial charge in [-0.15, -0.1) is 0 Å². The zero-order valence-corrected chi connectivity index (χ0v) is 24.4. The Bertz CT molecular complexity index is 1210. The van der Waals surface area contributed by atoms with E-state index in [4.69, 9.17) is 33.2 Å². The van der Waals surface area contributed by atoms with Gasteiger partial charge in [-0.1, -0.05) is 12.1 Å². The van der Waals surface area contributed by atoms with E-state index in [0.717, 1.165) is 61.8 Å². The van der Waals surface area contributed by atoms with Crippen molar-refractivity contribution in [1.82, 2.24) is 0 Å². The lowest BCUT2D eigenvalue weighted by molar-refractivity contribution is -0.0302. The number of hydrogen-bond donors (Lipinski definition) is 0. The summed E-state index contributed by atoms with van der Waals surface area (Å²) >= 11 is 0. The van der Waals surface area contributed by atoms with Crippen molar-refractivity contribution < 1.29 is 33.2 Å². The minimum atomic E-state index is 0.0833. The van der Waals surface area contributed by atoms with Crippen molar-refractivity contribution in [3.8, 4) is 23.0 Å². The standard InChI is InChI=1S/C35H42O7/c1-2-22(1)14-36-25-3-5-30(32(8-25)41-19-28-17-39-28)34-10-23-7-24(11-34)13-35(12-23,21-34)31-6-4-26(37-15-27-16-38-27)9-33(31)42-20-29-18-40-29/h3-6,8-9,22-24,27-29H,1-2,7,10-21H2. The van der Waals surface area contributed by atoms with Gasteiger partial charge in [0.2, 0.25) is 0 Å². The van der Waals surface area contributed by atoms with Crippen LogP contribution in [0.4, 0.5) is 0 Å². The first-order valence-electron chi connectivity index (χ1n) is 16.3. The molecule has 4 bridgehead atoms. The Morgan fingerprint density at radius 2 is 1.05 bits per heavy atom. The van der Waals surface area contributed by atoms with E-state index in [-0.39, 0.29) is 29.1 Å². The van der Waals surface area contributed by atoms with Gasteiger partial charge in [-0.3, -0.25) is 0 Å². The normalized spacial score (nSPS) is 36.9. The Morgan fingerprint density at radius 1 is 0.595 bits per heavy atom. The molecule has 2 aromatic carbocycles. The lowest BCUT2D eigenvalue weighted by Crippen LogP contribution is -2.56. The zero-order valence-electron chi connectivity index (χ0n) is 24.4. The first kappa shape index (κ1) is 26.0. The van der Waals surface area contributed by atoms with Crippen molar-refractivity contribution in [3.05, 3.63) is 47.5 Å². The SMILES string of the molecule is c1cc(C23CC4CC(C2)CC(c2ccc(OCC5CO5)cc2OCC2CO2)(C4)C3)c(OCC2CO2)cc1OCC1CC1. The molecule has 3 heterocycles. The molecule has 10 rings (SSSR count). The second kappa shape index (κ2) is 10.0. The highest BCUT2D eigenvalue weighted by Gasteiger charge is 2.60. The molecule has 7 heteroatoms. The average Bonchev–Trinajstić information content (AvgIpc) is 3.82. The molecule has 0 radical (unpaired) electrons. The van der Waals surface area contributed by atoms with Crippen LogP contribution in [0, 0.1) is 17.8 Å². The van der Waals surface area contributed by atoms with Gasteiger partial charge in [0.1, 0.15) is 61.1 Å². The molecular formula is C35H42O7. The minimum absolute atomic E-state index is 0.0833. The van der Waals surface area contributed by atoms with Crippen molar-refractivity contribution in [2.45, 2.75) is 80.5 Å². The summed E-state index contributed by atoms with van der Waals surface area (Å²) in [5.74, 6) is 5.91. The van der Waals surface area contributed by atoms with Crippen LogP contribution >= 0.6 is 0 Å². The third kappa shape index (κ3) is 5.26. The highest BCUT2D eigenvalue weighted by atomic mass is 16.6. The highest BCUT2D eigenvalue weighted by molar-refractivity contribution is 5.51. The molecule has 7 nitrogen and oxygen atoms in total. The van der Waals surface area contributed by atoms with Crippen LogP contribution in [0.25, 0.3) is 0 Å². The molecular weight excluding hydrogens is 532 g/mol. The number of hydrogen-bond acceptors (Lipinski definition) is 7. The smallest absolute Gasteiger partial charge is 0.126 e. The van der Waals surface area contributed by atoms with Gasteiger partial charge in [0.15, 0.2) is 0 Å². The monoisotopic (exact) mass is 574 g/mol. The van der Waals surface area contributed by atoms with Crippen molar-refractivity contribution in [2.75, 3.05) is 46.2 Å². The molecule has 5 saturated carbocycles. The van der Waals surface area contributed by atoms with Crippen LogP contribution in [-0.4, -0.2) is 64.6 Å². The van der Waals surface area contributed by atoms with Gasteiger partial charge in [0.05, 0.1) is 26.4 Å². The first-order chi connectivity index (χ1) is 20.6. The number of benzene rings is 2. The van der Waals surface area contributed by atoms with Crippen LogP contribution in [0.2, 0.25) is 0 Å². The van der Waals surface area contributed by atoms with Crippen LogP contribution in [0.1, 0.15) is 62.5 Å². The van der Waals surface area contributed by atoms with E-state index in [1.807, 2.05) is 0 Å². The van der Waals surface area contributed by atoms with Gasteiger partial charge < -0.3 is 33.2 Å². The zero-order chi connectivity index (χ0) is 27.7. The second-order valence-corrected chi connectivity index (χ2v) is 14.4. The van der Waals surface area contributed by atoms with Gasteiger partial charge >= 0.3 is 0 Å². The number of rotatable bonds is 14. The fourth-order valence-electron chi connectivity index (χ4n) is 8.74. The lowest BCUT2D eigenvalue weighted by Gasteiger charge is -2.63. The van der Waals surface area contributed by atoms with Gasteiger partial charge in [0, 0.05) is 34.1 Å². The predicted molar refractivity (Wildman–Crippen MR) is 155 cm³/mol. The largest absolute Gasteiger partial charge is 0.493 e. The fourth-order valence-corrected chi connectivity index (χ4v) is 8.74. The summed E-state index contributed by atoms with van der Waals surface area (Å²) in [4.78, 5) is 0. The van der Waals surface area contributed by atoms with Crippen molar-refractivity contribution in [1.29, 1.82) is 0 Å². The summed E-state index contributed by atoms with van der Waals surface area (Å²) in [6.07, 6.45) is 10.6. The molecule has 3 saturated heterocycles. The molecule has 8 aliphatic rings. The van der Waals surface area contributed by atoms with Gasteiger partial charge in [-0.2, -0.15) is 0 Å². The Morgan fingerprint density at radius 3 is 1.50 bits per heavy atom. The molecule has 3 aliphatic heterocycles. The van der Waals surface area contributed by atoms with E-state index in [1.54, 1.807) is 0 Å². The molecule has 0 amide bonds. The minimum Gasteiger partial charge on any atom is -0.493 e. The first-order valence-corrected chi connectivity index (χ1v) is 16.3. The molecule has 5 unspecified atom stereocenters. The molecule has 0 aromatic heterocycles. The summed E-state index contributed by atoms with van der Waals surface area (Å²) in [5.41, 5.74) is 2.90. The van der Waals surface area contributed by atoms with Crippen LogP contribution in [0.5, 0.6) is 23.0 Å². The van der Waals surface area contributed by atoms with Crippen LogP contribution in [-0.2, 0) is 25.0 Å². The summed E-state index contributed by atoms with van der Waals surface area (Å²) in [5, 5.41) is 0. The summed E-state index contributed by atoms with van der Waals surface area (Å²) in [7, 11) is 0. The summed E-state index contributed by atoms with van der Waals surface area (Å²) in [6.45, 7) is 5.00. The Kier molecular flexibility index (Phi) is 6.20. The Hall–Kier alpha value is -2.48. The van der Waals surface area contributed by atoms with Gasteiger partial charge in [-0.05, 0) is 81.3 Å². The van der Waals surface area contributed by atoms with E-state index in [1.165, 1.54) is 56.1 Å². The predicted octanol–water partition coefficient (Wildman–Crippen LogP) is 5.60. The van der Waals surface area contributed by atoms with Crippen molar-refractivity contribution in [3.63, 3.8) is 0 Å². The third-order valence-corrected chi connectivity index (χ3v) is 10.8. The van der Waals surface area contributed by atoms with Crippen LogP contribution in [0.15, 0.2) is 36.4 Å². The quantitative estimate of drug-likeness (QED) is 0.272. The molecule has 0 spiro atoms. The van der Waals surface area contributed by atoms with Crippen molar-refractivity contribution in [2.24, 2.45) is 17.8 Å². The van der Waals surface area contributed by atoms with Gasteiger partial charge in [0.25, 0.3) is 0 Å². The Balaban J connectivity index is 1.05. The molecule has 8 fully saturated rings. The van der Waals surface area contributed by atoms with E-state index >= 15 is 0 Å². The molecule has 5 atom stereocenters. The average molecular weight is 575 g/mol. The highest BCUT2D eigenvalue weighted by Crippen LogP contribution is 2.68. The van der Waals surface area contributed by atoms with Crippen LogP contribution < -0.4 is 18.9 Å². The maximum absolute atomic E-state index is 6.54. The molecule has 42 heavy (non-hydrogen) atoms. The maximum Gasteiger partial charge on any atom is 0.126 e. The molecule has 5 aliphatic carbocycles. The maximum atomic E-state index is 6.54.